The van der Waals surface area contributed by atoms with Gasteiger partial charge in [-0.05, 0) is 18.1 Å². The minimum Gasteiger partial charge on any atom is -0.478 e. The molecule has 1 unspecified atom stereocenters. The van der Waals surface area contributed by atoms with Crippen LogP contribution in [-0.4, -0.2) is 28.0 Å². The van der Waals surface area contributed by atoms with Crippen molar-refractivity contribution in [3.05, 3.63) is 22.8 Å². The average molecular weight is 272 g/mol. The van der Waals surface area contributed by atoms with Crippen LogP contribution in [0.3, 0.4) is 0 Å². The first-order valence-electron chi connectivity index (χ1n) is 5.28. The monoisotopic (exact) mass is 271 g/mol. The number of carbonyl (C=O) groups excluding carboxylic acids is 1. The third kappa shape index (κ3) is 3.33. The summed E-state index contributed by atoms with van der Waals surface area (Å²) >= 11 is 5.70. The molecule has 0 bridgehead atoms. The Labute approximate surface area is 109 Å². The number of amides is 1. The Morgan fingerprint density at radius 2 is 2.06 bits per heavy atom. The number of anilines is 1. The summed E-state index contributed by atoms with van der Waals surface area (Å²) in [7, 11) is 0. The third-order valence-corrected chi connectivity index (χ3v) is 2.57. The lowest BCUT2D eigenvalue weighted by Gasteiger charge is -2.20. The van der Waals surface area contributed by atoms with Crippen LogP contribution in [-0.2, 0) is 4.79 Å². The van der Waals surface area contributed by atoms with E-state index in [4.69, 9.17) is 22.4 Å². The highest BCUT2D eigenvalue weighted by Crippen LogP contribution is 2.19. The second kappa shape index (κ2) is 5.68. The zero-order valence-electron chi connectivity index (χ0n) is 9.98. The number of hydrogen-bond acceptors (Lipinski definition) is 4. The number of nitrogens with one attached hydrogen (secondary N) is 1. The molecular formula is C11H14ClN3O3. The van der Waals surface area contributed by atoms with Gasteiger partial charge in [-0.15, -0.1) is 0 Å². The van der Waals surface area contributed by atoms with Crippen LogP contribution in [0.4, 0.5) is 5.82 Å². The standard InChI is InChI=1S/C11H14ClN3O3/c1-5(2)8(9(13)16)15-10-6(11(17)18)3-4-7(12)14-10/h3-5,8H,1-2H3,(H2,13,16)(H,14,15)(H,17,18). The number of nitrogens with two attached hydrogens (primary N) is 1. The summed E-state index contributed by atoms with van der Waals surface area (Å²) in [6, 6.07) is 1.97. The van der Waals surface area contributed by atoms with Gasteiger partial charge in [-0.1, -0.05) is 25.4 Å². The van der Waals surface area contributed by atoms with Crippen molar-refractivity contribution in [1.29, 1.82) is 0 Å². The number of aromatic nitrogens is 1. The molecule has 0 radical (unpaired) electrons. The van der Waals surface area contributed by atoms with E-state index in [1.807, 2.05) is 0 Å². The molecule has 0 saturated carbocycles. The highest BCUT2D eigenvalue weighted by atomic mass is 35.5. The van der Waals surface area contributed by atoms with Gasteiger partial charge in [-0.3, -0.25) is 4.79 Å². The van der Waals surface area contributed by atoms with Crippen LogP contribution >= 0.6 is 11.6 Å². The van der Waals surface area contributed by atoms with E-state index in [1.54, 1.807) is 13.8 Å². The lowest BCUT2D eigenvalue weighted by molar-refractivity contribution is -0.119. The molecule has 1 atom stereocenters. The van der Waals surface area contributed by atoms with Crippen LogP contribution in [0.15, 0.2) is 12.1 Å². The molecule has 1 heterocycles. The summed E-state index contributed by atoms with van der Waals surface area (Å²) in [6.45, 7) is 3.57. The molecule has 1 amide bonds. The van der Waals surface area contributed by atoms with Gasteiger partial charge in [0, 0.05) is 0 Å². The molecule has 0 aromatic carbocycles. The van der Waals surface area contributed by atoms with Gasteiger partial charge in [-0.2, -0.15) is 0 Å². The predicted molar refractivity (Wildman–Crippen MR) is 67.6 cm³/mol. The van der Waals surface area contributed by atoms with Gasteiger partial charge in [0.1, 0.15) is 22.6 Å². The van der Waals surface area contributed by atoms with Gasteiger partial charge in [-0.25, -0.2) is 9.78 Å². The molecule has 1 aromatic rings. The number of carboxylic acids is 1. The topological polar surface area (TPSA) is 105 Å². The van der Waals surface area contributed by atoms with E-state index in [2.05, 4.69) is 10.3 Å². The maximum atomic E-state index is 11.3. The van der Waals surface area contributed by atoms with E-state index in [0.29, 0.717) is 0 Å². The van der Waals surface area contributed by atoms with Gasteiger partial charge in [0.15, 0.2) is 0 Å². The molecule has 6 nitrogen and oxygen atoms in total. The molecule has 18 heavy (non-hydrogen) atoms. The van der Waals surface area contributed by atoms with Gasteiger partial charge in [0.25, 0.3) is 0 Å². The molecule has 0 spiro atoms. The van der Waals surface area contributed by atoms with E-state index in [1.165, 1.54) is 12.1 Å². The van der Waals surface area contributed by atoms with Gasteiger partial charge < -0.3 is 16.2 Å². The number of nitrogens with zero attached hydrogens (tertiary/aromatic N) is 1. The lowest BCUT2D eigenvalue weighted by atomic mass is 10.0. The summed E-state index contributed by atoms with van der Waals surface area (Å²) < 4.78 is 0. The van der Waals surface area contributed by atoms with Crippen LogP contribution in [0, 0.1) is 5.92 Å². The molecule has 1 aromatic heterocycles. The largest absolute Gasteiger partial charge is 0.478 e. The first-order chi connectivity index (χ1) is 8.32. The molecule has 0 aliphatic rings. The van der Waals surface area contributed by atoms with Crippen molar-refractivity contribution in [2.45, 2.75) is 19.9 Å². The third-order valence-electron chi connectivity index (χ3n) is 2.36. The maximum absolute atomic E-state index is 11.3. The molecule has 0 aliphatic carbocycles. The molecule has 1 rings (SSSR count). The number of pyridine rings is 1. The van der Waals surface area contributed by atoms with Gasteiger partial charge in [0.05, 0.1) is 0 Å². The van der Waals surface area contributed by atoms with Crippen molar-refractivity contribution in [3.8, 4) is 0 Å². The van der Waals surface area contributed by atoms with E-state index < -0.39 is 17.9 Å². The smallest absolute Gasteiger partial charge is 0.339 e. The number of rotatable bonds is 5. The first-order valence-corrected chi connectivity index (χ1v) is 5.66. The summed E-state index contributed by atoms with van der Waals surface area (Å²) in [4.78, 5) is 26.1. The number of primary amides is 1. The van der Waals surface area contributed by atoms with Crippen LogP contribution in [0.1, 0.15) is 24.2 Å². The maximum Gasteiger partial charge on any atom is 0.339 e. The normalized spacial score (nSPS) is 12.2. The molecule has 4 N–H and O–H groups in total. The SMILES string of the molecule is CC(C)C(Nc1nc(Cl)ccc1C(=O)O)C(N)=O. The van der Waals surface area contributed by atoms with Crippen LogP contribution in [0.2, 0.25) is 5.15 Å². The Morgan fingerprint density at radius 3 is 2.50 bits per heavy atom. The van der Waals surface area contributed by atoms with Crippen molar-refractivity contribution in [2.24, 2.45) is 11.7 Å². The average Bonchev–Trinajstić information content (AvgIpc) is 2.24. The molecule has 0 saturated heterocycles. The van der Waals surface area contributed by atoms with E-state index >= 15 is 0 Å². The molecule has 0 aliphatic heterocycles. The van der Waals surface area contributed by atoms with Crippen LogP contribution < -0.4 is 11.1 Å². The summed E-state index contributed by atoms with van der Waals surface area (Å²) in [5, 5.41) is 11.9. The Balaban J connectivity index is 3.12. The molecule has 7 heteroatoms. The van der Waals surface area contributed by atoms with Crippen molar-refractivity contribution in [2.75, 3.05) is 5.32 Å². The number of halogens is 1. The number of aromatic carboxylic acids is 1. The van der Waals surface area contributed by atoms with E-state index in [9.17, 15) is 9.59 Å². The summed E-state index contributed by atoms with van der Waals surface area (Å²) in [6.07, 6.45) is 0. The van der Waals surface area contributed by atoms with Crippen molar-refractivity contribution >= 4 is 29.3 Å². The quantitative estimate of drug-likeness (QED) is 0.701. The lowest BCUT2D eigenvalue weighted by Crippen LogP contribution is -2.40. The van der Waals surface area contributed by atoms with Crippen molar-refractivity contribution in [3.63, 3.8) is 0 Å². The Hall–Kier alpha value is -1.82. The fraction of sp³-hybridized carbons (Fsp3) is 0.364. The van der Waals surface area contributed by atoms with Crippen LogP contribution in [0.5, 0.6) is 0 Å². The van der Waals surface area contributed by atoms with Gasteiger partial charge in [0.2, 0.25) is 5.91 Å². The van der Waals surface area contributed by atoms with Crippen LogP contribution in [0.25, 0.3) is 0 Å². The number of carboxylic acid groups (broad SMARTS) is 1. The fourth-order valence-corrected chi connectivity index (χ4v) is 1.58. The van der Waals surface area contributed by atoms with Crippen molar-refractivity contribution in [1.82, 2.24) is 4.98 Å². The van der Waals surface area contributed by atoms with Gasteiger partial charge >= 0.3 is 5.97 Å². The highest BCUT2D eigenvalue weighted by molar-refractivity contribution is 6.29. The van der Waals surface area contributed by atoms with E-state index in [0.717, 1.165) is 0 Å². The minimum atomic E-state index is -1.16. The molecule has 98 valence electrons. The zero-order chi connectivity index (χ0) is 13.9. The first kappa shape index (κ1) is 14.2. The zero-order valence-corrected chi connectivity index (χ0v) is 10.7. The van der Waals surface area contributed by atoms with Crippen molar-refractivity contribution < 1.29 is 14.7 Å². The Kier molecular flexibility index (Phi) is 4.49. The van der Waals surface area contributed by atoms with E-state index in [-0.39, 0.29) is 22.5 Å². The Morgan fingerprint density at radius 1 is 1.44 bits per heavy atom. The fourth-order valence-electron chi connectivity index (χ4n) is 1.43. The summed E-state index contributed by atoms with van der Waals surface area (Å²) in [5.41, 5.74) is 5.18. The Bertz CT molecular complexity index is 477. The highest BCUT2D eigenvalue weighted by Gasteiger charge is 2.22. The molecule has 0 fully saturated rings. The second-order valence-corrected chi connectivity index (χ2v) is 4.49. The second-order valence-electron chi connectivity index (χ2n) is 4.10. The number of hydrogen-bond donors (Lipinski definition) is 3. The summed E-state index contributed by atoms with van der Waals surface area (Å²) in [5.74, 6) is -1.81. The minimum absolute atomic E-state index is 0.0347. The predicted octanol–water partition coefficient (Wildman–Crippen LogP) is 1.35. The number of carbonyl (C=O) groups is 2. The molecular weight excluding hydrogens is 258 g/mol.